The Kier molecular flexibility index (Phi) is 5.64. The predicted molar refractivity (Wildman–Crippen MR) is 54.0 cm³/mol. The lowest BCUT2D eigenvalue weighted by Gasteiger charge is -1.97. The minimum atomic E-state index is -1.27. The summed E-state index contributed by atoms with van der Waals surface area (Å²) in [6.45, 7) is 1.42. The van der Waals surface area contributed by atoms with Gasteiger partial charge >= 0.3 is 11.9 Å². The highest BCUT2D eigenvalue weighted by molar-refractivity contribution is 5.74. The standard InChI is InChI=1S/C5H6N2O4.C3H7NO2/c6-4(5(9)10)2-1-3(8)7-11-2;1-2(4)3(5)6/h1,4H,6H2,(H,7,8)(H,9,10);2H,4H2,1H3,(H,5,6). The molecule has 2 unspecified atom stereocenters. The SMILES string of the molecule is CC(N)C(=O)O.NC(C(=O)O)c1cc(O)no1. The Bertz CT molecular complexity index is 388. The van der Waals surface area contributed by atoms with Crippen LogP contribution in [0.1, 0.15) is 18.7 Å². The molecule has 1 heterocycles. The van der Waals surface area contributed by atoms with Gasteiger partial charge in [-0.2, -0.15) is 0 Å². The number of hydrogen-bond donors (Lipinski definition) is 5. The molecule has 0 fully saturated rings. The molecule has 0 saturated carbocycles. The molecule has 9 nitrogen and oxygen atoms in total. The fourth-order valence-corrected chi connectivity index (χ4v) is 0.548. The average molecular weight is 247 g/mol. The van der Waals surface area contributed by atoms with Gasteiger partial charge in [-0.3, -0.25) is 9.59 Å². The van der Waals surface area contributed by atoms with Crippen LogP contribution < -0.4 is 11.5 Å². The summed E-state index contributed by atoms with van der Waals surface area (Å²) in [6.07, 6.45) is 0. The number of aromatic nitrogens is 1. The Hall–Kier alpha value is -2.13. The average Bonchev–Trinajstić information content (AvgIpc) is 2.64. The molecule has 1 rings (SSSR count). The monoisotopic (exact) mass is 247 g/mol. The van der Waals surface area contributed by atoms with Crippen LogP contribution in [-0.4, -0.2) is 38.5 Å². The topological polar surface area (TPSA) is 173 Å². The molecule has 0 aromatic carbocycles. The molecule has 9 heteroatoms. The first-order chi connectivity index (χ1) is 7.75. The predicted octanol–water partition coefficient (Wildman–Crippen LogP) is -1.12. The maximum atomic E-state index is 10.2. The van der Waals surface area contributed by atoms with E-state index in [1.165, 1.54) is 6.92 Å². The maximum absolute atomic E-state index is 10.2. The van der Waals surface area contributed by atoms with Crippen LogP contribution >= 0.6 is 0 Å². The van der Waals surface area contributed by atoms with Gasteiger partial charge < -0.3 is 31.3 Å². The summed E-state index contributed by atoms with van der Waals surface area (Å²) >= 11 is 0. The molecule has 17 heavy (non-hydrogen) atoms. The van der Waals surface area contributed by atoms with Crippen molar-refractivity contribution in [1.29, 1.82) is 0 Å². The smallest absolute Gasteiger partial charge is 0.328 e. The van der Waals surface area contributed by atoms with Crippen molar-refractivity contribution in [2.24, 2.45) is 11.5 Å². The fraction of sp³-hybridized carbons (Fsp3) is 0.375. The van der Waals surface area contributed by atoms with Crippen molar-refractivity contribution in [3.8, 4) is 5.88 Å². The minimum Gasteiger partial charge on any atom is -0.491 e. The van der Waals surface area contributed by atoms with E-state index in [-0.39, 0.29) is 11.6 Å². The van der Waals surface area contributed by atoms with E-state index in [1.807, 2.05) is 0 Å². The van der Waals surface area contributed by atoms with Crippen molar-refractivity contribution in [1.82, 2.24) is 5.16 Å². The van der Waals surface area contributed by atoms with Gasteiger partial charge in [0, 0.05) is 6.07 Å². The van der Waals surface area contributed by atoms with Crippen LogP contribution in [-0.2, 0) is 9.59 Å². The maximum Gasteiger partial charge on any atom is 0.328 e. The quantitative estimate of drug-likeness (QED) is 0.443. The second-order valence-corrected chi connectivity index (χ2v) is 3.03. The van der Waals surface area contributed by atoms with E-state index < -0.39 is 24.0 Å². The number of aliphatic carboxylic acids is 2. The Morgan fingerprint density at radius 1 is 1.35 bits per heavy atom. The van der Waals surface area contributed by atoms with Crippen molar-refractivity contribution in [3.63, 3.8) is 0 Å². The Balaban J connectivity index is 0.000000366. The number of nitrogens with zero attached hydrogens (tertiary/aromatic N) is 1. The fourth-order valence-electron chi connectivity index (χ4n) is 0.548. The van der Waals surface area contributed by atoms with Gasteiger partial charge in [-0.05, 0) is 12.1 Å². The number of aromatic hydroxyl groups is 1. The first-order valence-corrected chi connectivity index (χ1v) is 4.38. The molecule has 2 atom stereocenters. The van der Waals surface area contributed by atoms with Gasteiger partial charge in [0.15, 0.2) is 11.8 Å². The van der Waals surface area contributed by atoms with Gasteiger partial charge in [0.05, 0.1) is 0 Å². The van der Waals surface area contributed by atoms with Crippen molar-refractivity contribution < 1.29 is 29.4 Å². The third-order valence-corrected chi connectivity index (χ3v) is 1.48. The number of carbonyl (C=O) groups is 2. The normalized spacial score (nSPS) is 13.1. The number of rotatable bonds is 3. The van der Waals surface area contributed by atoms with Gasteiger partial charge in [-0.1, -0.05) is 0 Å². The van der Waals surface area contributed by atoms with Crippen LogP contribution in [0, 0.1) is 0 Å². The molecule has 1 aromatic heterocycles. The molecule has 0 bridgehead atoms. The zero-order valence-corrected chi connectivity index (χ0v) is 8.90. The molecule has 0 radical (unpaired) electrons. The largest absolute Gasteiger partial charge is 0.491 e. The second kappa shape index (κ2) is 6.45. The lowest BCUT2D eigenvalue weighted by atomic mass is 10.2. The molecular weight excluding hydrogens is 234 g/mol. The molecule has 0 saturated heterocycles. The van der Waals surface area contributed by atoms with Crippen LogP contribution in [0.3, 0.4) is 0 Å². The van der Waals surface area contributed by atoms with E-state index in [0.29, 0.717) is 0 Å². The van der Waals surface area contributed by atoms with E-state index in [1.54, 1.807) is 0 Å². The van der Waals surface area contributed by atoms with Crippen molar-refractivity contribution >= 4 is 11.9 Å². The Morgan fingerprint density at radius 2 is 1.82 bits per heavy atom. The highest BCUT2D eigenvalue weighted by atomic mass is 16.5. The molecule has 0 spiro atoms. The van der Waals surface area contributed by atoms with Gasteiger partial charge in [0.1, 0.15) is 6.04 Å². The van der Waals surface area contributed by atoms with Gasteiger partial charge in [-0.25, -0.2) is 0 Å². The molecular formula is C8H13N3O6. The number of hydrogen-bond acceptors (Lipinski definition) is 7. The third-order valence-electron chi connectivity index (χ3n) is 1.48. The van der Waals surface area contributed by atoms with Crippen molar-refractivity contribution in [2.75, 3.05) is 0 Å². The summed E-state index contributed by atoms with van der Waals surface area (Å²) in [5.74, 6) is -2.65. The minimum absolute atomic E-state index is 0.0741. The summed E-state index contributed by atoms with van der Waals surface area (Å²) < 4.78 is 4.38. The number of nitrogens with two attached hydrogens (primary N) is 2. The molecule has 0 amide bonds. The zero-order chi connectivity index (χ0) is 13.6. The summed E-state index contributed by atoms with van der Waals surface area (Å²) in [4.78, 5) is 19.8. The third kappa shape index (κ3) is 5.49. The summed E-state index contributed by atoms with van der Waals surface area (Å²) in [5.41, 5.74) is 9.94. The second-order valence-electron chi connectivity index (χ2n) is 3.03. The zero-order valence-electron chi connectivity index (χ0n) is 8.90. The molecule has 0 aliphatic carbocycles. The molecule has 0 aliphatic heterocycles. The summed E-state index contributed by atoms with van der Waals surface area (Å²) in [6, 6.07) is -0.952. The van der Waals surface area contributed by atoms with Crippen molar-refractivity contribution in [2.45, 2.75) is 19.0 Å². The van der Waals surface area contributed by atoms with Gasteiger partial charge in [0.25, 0.3) is 5.88 Å². The number of carboxylic acid groups (broad SMARTS) is 2. The lowest BCUT2D eigenvalue weighted by Crippen LogP contribution is -2.25. The molecule has 96 valence electrons. The molecule has 7 N–H and O–H groups in total. The van der Waals surface area contributed by atoms with Crippen LogP contribution in [0.2, 0.25) is 0 Å². The van der Waals surface area contributed by atoms with E-state index in [0.717, 1.165) is 6.07 Å². The van der Waals surface area contributed by atoms with Crippen LogP contribution in [0.5, 0.6) is 5.88 Å². The van der Waals surface area contributed by atoms with Gasteiger partial charge in [-0.15, -0.1) is 0 Å². The molecule has 0 aliphatic rings. The highest BCUT2D eigenvalue weighted by Gasteiger charge is 2.19. The van der Waals surface area contributed by atoms with E-state index in [9.17, 15) is 9.59 Å². The van der Waals surface area contributed by atoms with Crippen LogP contribution in [0.25, 0.3) is 0 Å². The van der Waals surface area contributed by atoms with E-state index in [4.69, 9.17) is 26.8 Å². The van der Waals surface area contributed by atoms with Crippen molar-refractivity contribution in [3.05, 3.63) is 11.8 Å². The van der Waals surface area contributed by atoms with E-state index >= 15 is 0 Å². The lowest BCUT2D eigenvalue weighted by molar-refractivity contribution is -0.139. The van der Waals surface area contributed by atoms with Crippen LogP contribution in [0.4, 0.5) is 0 Å². The van der Waals surface area contributed by atoms with E-state index in [2.05, 4.69) is 9.68 Å². The molecule has 1 aromatic rings. The number of carboxylic acids is 2. The first-order valence-electron chi connectivity index (χ1n) is 4.38. The first kappa shape index (κ1) is 14.9. The highest BCUT2D eigenvalue weighted by Crippen LogP contribution is 2.15. The Morgan fingerprint density at radius 3 is 2.06 bits per heavy atom. The summed E-state index contributed by atoms with van der Waals surface area (Å²) in [7, 11) is 0. The Labute approximate surface area is 95.6 Å². The van der Waals surface area contributed by atoms with Crippen LogP contribution in [0.15, 0.2) is 10.6 Å². The summed E-state index contributed by atoms with van der Waals surface area (Å²) in [5, 5.41) is 27.9. The van der Waals surface area contributed by atoms with Gasteiger partial charge in [0.2, 0.25) is 0 Å².